The predicted molar refractivity (Wildman–Crippen MR) is 81.4 cm³/mol. The van der Waals surface area contributed by atoms with Crippen LogP contribution in [0.2, 0.25) is 0 Å². The van der Waals surface area contributed by atoms with Gasteiger partial charge in [-0.1, -0.05) is 0 Å². The largest absolute Gasteiger partial charge is 0.444 e. The summed E-state index contributed by atoms with van der Waals surface area (Å²) in [6.45, 7) is 4.23. The Bertz CT molecular complexity index is 637. The van der Waals surface area contributed by atoms with Gasteiger partial charge in [0.05, 0.1) is 24.1 Å². The third-order valence-electron chi connectivity index (χ3n) is 3.67. The zero-order valence-corrected chi connectivity index (χ0v) is 13.3. The van der Waals surface area contributed by atoms with Crippen LogP contribution in [0.4, 0.5) is 9.18 Å². The van der Waals surface area contributed by atoms with Gasteiger partial charge in [0.1, 0.15) is 5.60 Å². The lowest BCUT2D eigenvalue weighted by Crippen LogP contribution is -2.31. The Morgan fingerprint density at radius 2 is 2.35 bits per heavy atom. The van der Waals surface area contributed by atoms with Gasteiger partial charge in [0, 0.05) is 19.2 Å². The molecule has 7 nitrogen and oxygen atoms in total. The molecule has 0 radical (unpaired) electrons. The number of ether oxygens (including phenoxy) is 1. The lowest BCUT2D eigenvalue weighted by molar-refractivity contribution is 0.0391. The molecule has 0 unspecified atom stereocenters. The average Bonchev–Trinajstić information content (AvgIpc) is 2.86. The first-order valence-corrected chi connectivity index (χ1v) is 7.42. The van der Waals surface area contributed by atoms with Gasteiger partial charge in [-0.25, -0.2) is 9.18 Å². The maximum atomic E-state index is 13.1. The number of aromatic nitrogens is 2. The number of nitrogens with two attached hydrogens (primary N) is 1. The van der Waals surface area contributed by atoms with E-state index >= 15 is 0 Å². The summed E-state index contributed by atoms with van der Waals surface area (Å²) in [7, 11) is 0. The number of hydrogen-bond acceptors (Lipinski definition) is 4. The normalized spacial score (nSPS) is 15.1. The molecule has 0 fully saturated rings. The molecular weight excluding hydrogens is 303 g/mol. The molecule has 3 N–H and O–H groups in total. The van der Waals surface area contributed by atoms with Gasteiger partial charge in [-0.2, -0.15) is 5.10 Å². The molecule has 1 aliphatic rings. The van der Waals surface area contributed by atoms with E-state index in [-0.39, 0.29) is 12.5 Å². The predicted octanol–water partition coefficient (Wildman–Crippen LogP) is 1.68. The van der Waals surface area contributed by atoms with E-state index < -0.39 is 11.7 Å². The number of fused-ring (bicyclic) bond motifs is 1. The lowest BCUT2D eigenvalue weighted by Gasteiger charge is -2.24. The van der Waals surface area contributed by atoms with Crippen molar-refractivity contribution in [3.05, 3.63) is 29.4 Å². The second-order valence-electron chi connectivity index (χ2n) is 6.14. The van der Waals surface area contributed by atoms with Gasteiger partial charge < -0.3 is 15.8 Å². The van der Waals surface area contributed by atoms with Crippen LogP contribution in [0.25, 0.3) is 0 Å². The summed E-state index contributed by atoms with van der Waals surface area (Å²) < 4.78 is 19.7. The van der Waals surface area contributed by atoms with Crippen LogP contribution in [0, 0.1) is 0 Å². The van der Waals surface area contributed by atoms with Crippen molar-refractivity contribution in [2.24, 2.45) is 5.73 Å². The molecule has 0 bridgehead atoms. The first kappa shape index (κ1) is 17.0. The molecule has 0 saturated heterocycles. The maximum Gasteiger partial charge on any atom is 0.405 e. The van der Waals surface area contributed by atoms with Crippen molar-refractivity contribution in [3.8, 4) is 0 Å². The Kier molecular flexibility index (Phi) is 5.02. The van der Waals surface area contributed by atoms with Crippen molar-refractivity contribution in [3.63, 3.8) is 0 Å². The van der Waals surface area contributed by atoms with Gasteiger partial charge in [0.2, 0.25) is 0 Å². The van der Waals surface area contributed by atoms with E-state index in [0.717, 1.165) is 5.69 Å². The first-order chi connectivity index (χ1) is 10.8. The number of halogens is 1. The van der Waals surface area contributed by atoms with Gasteiger partial charge in [0.15, 0.2) is 0 Å². The van der Waals surface area contributed by atoms with Crippen molar-refractivity contribution in [2.45, 2.75) is 45.3 Å². The molecule has 0 atom stereocenters. The molecule has 126 valence electrons. The molecule has 1 aromatic rings. The lowest BCUT2D eigenvalue weighted by atomic mass is 9.99. The van der Waals surface area contributed by atoms with Crippen molar-refractivity contribution >= 4 is 12.0 Å². The molecule has 0 aliphatic carbocycles. The molecule has 0 spiro atoms. The quantitative estimate of drug-likeness (QED) is 0.831. The summed E-state index contributed by atoms with van der Waals surface area (Å²) in [6, 6.07) is 0. The Balaban J connectivity index is 1.98. The number of amides is 2. The number of carbonyl (C=O) groups excluding carboxylic acids is 2. The van der Waals surface area contributed by atoms with E-state index in [1.165, 1.54) is 0 Å². The van der Waals surface area contributed by atoms with Crippen LogP contribution in [0.5, 0.6) is 0 Å². The highest BCUT2D eigenvalue weighted by Gasteiger charge is 2.23. The van der Waals surface area contributed by atoms with Crippen LogP contribution >= 0.6 is 0 Å². The minimum Gasteiger partial charge on any atom is -0.444 e. The van der Waals surface area contributed by atoms with E-state index in [4.69, 9.17) is 10.5 Å². The highest BCUT2D eigenvalue weighted by atomic mass is 19.1. The molecule has 8 heteroatoms. The van der Waals surface area contributed by atoms with Gasteiger partial charge in [-0.15, -0.1) is 0 Å². The molecular formula is C15H21FN4O3. The van der Waals surface area contributed by atoms with Crippen molar-refractivity contribution in [2.75, 3.05) is 6.54 Å². The van der Waals surface area contributed by atoms with Crippen LogP contribution in [-0.4, -0.2) is 33.9 Å². The smallest absolute Gasteiger partial charge is 0.405 e. The molecule has 1 aromatic heterocycles. The third-order valence-corrected chi connectivity index (χ3v) is 3.67. The molecule has 23 heavy (non-hydrogen) atoms. The fourth-order valence-corrected chi connectivity index (χ4v) is 2.47. The number of primary amides is 1. The van der Waals surface area contributed by atoms with E-state index in [1.807, 2.05) is 0 Å². The summed E-state index contributed by atoms with van der Waals surface area (Å²) in [4.78, 5) is 22.5. The summed E-state index contributed by atoms with van der Waals surface area (Å²) in [5.41, 5.74) is 5.99. The highest BCUT2D eigenvalue weighted by molar-refractivity contribution is 5.96. The number of nitrogens with one attached hydrogen (secondary N) is 1. The van der Waals surface area contributed by atoms with E-state index in [2.05, 4.69) is 10.4 Å². The standard InChI is InChI=1S/C15H21FN4O3/c1-15(2,23-14(17)22)5-3-10(7-16)8-20-9-11-12(19-20)4-6-18-13(11)21/h7,9H,3-6,8H2,1-2H3,(H2,17,22)(H,18,21)/b10-7+. The summed E-state index contributed by atoms with van der Waals surface area (Å²) in [6.07, 6.45) is 2.77. The summed E-state index contributed by atoms with van der Waals surface area (Å²) in [5.74, 6) is -0.153. The molecule has 0 aromatic carbocycles. The molecule has 2 rings (SSSR count). The van der Waals surface area contributed by atoms with E-state index in [1.54, 1.807) is 24.7 Å². The van der Waals surface area contributed by atoms with Crippen molar-refractivity contribution in [1.82, 2.24) is 15.1 Å². The maximum absolute atomic E-state index is 13.1. The summed E-state index contributed by atoms with van der Waals surface area (Å²) in [5, 5.41) is 7.07. The first-order valence-electron chi connectivity index (χ1n) is 7.42. The number of hydrogen-bond donors (Lipinski definition) is 2. The van der Waals surface area contributed by atoms with Gasteiger partial charge in [-0.05, 0) is 32.3 Å². The minimum absolute atomic E-state index is 0.153. The van der Waals surface area contributed by atoms with Gasteiger partial charge in [-0.3, -0.25) is 9.48 Å². The fraction of sp³-hybridized carbons (Fsp3) is 0.533. The number of allylic oxidation sites excluding steroid dienone is 1. The summed E-state index contributed by atoms with van der Waals surface area (Å²) >= 11 is 0. The van der Waals surface area contributed by atoms with E-state index in [9.17, 15) is 14.0 Å². The Morgan fingerprint density at radius 1 is 1.61 bits per heavy atom. The van der Waals surface area contributed by atoms with Crippen LogP contribution in [0.15, 0.2) is 18.1 Å². The number of nitrogens with zero attached hydrogens (tertiary/aromatic N) is 2. The minimum atomic E-state index is -0.855. The molecule has 2 amide bonds. The van der Waals surface area contributed by atoms with Crippen LogP contribution in [0.1, 0.15) is 42.7 Å². The Hall–Kier alpha value is -2.38. The van der Waals surface area contributed by atoms with Gasteiger partial charge >= 0.3 is 6.09 Å². The Morgan fingerprint density at radius 3 is 2.96 bits per heavy atom. The number of carbonyl (C=O) groups is 2. The average molecular weight is 324 g/mol. The van der Waals surface area contributed by atoms with Crippen molar-refractivity contribution in [1.29, 1.82) is 0 Å². The van der Waals surface area contributed by atoms with Crippen LogP contribution < -0.4 is 11.1 Å². The zero-order chi connectivity index (χ0) is 17.0. The molecule has 2 heterocycles. The zero-order valence-electron chi connectivity index (χ0n) is 13.3. The molecule has 1 aliphatic heterocycles. The second kappa shape index (κ2) is 6.80. The SMILES string of the molecule is CC(C)(CC/C(=C\F)Cn1cc2c(n1)CCNC2=O)OC(N)=O. The molecule has 0 saturated carbocycles. The topological polar surface area (TPSA) is 99.2 Å². The van der Waals surface area contributed by atoms with Crippen LogP contribution in [-0.2, 0) is 17.7 Å². The van der Waals surface area contributed by atoms with E-state index in [0.29, 0.717) is 43.3 Å². The third kappa shape index (κ3) is 4.54. The highest BCUT2D eigenvalue weighted by Crippen LogP contribution is 2.21. The second-order valence-corrected chi connectivity index (χ2v) is 6.14. The monoisotopic (exact) mass is 324 g/mol. The van der Waals surface area contributed by atoms with Gasteiger partial charge in [0.25, 0.3) is 5.91 Å². The number of rotatable bonds is 6. The van der Waals surface area contributed by atoms with Crippen LogP contribution in [0.3, 0.4) is 0 Å². The Labute approximate surface area is 133 Å². The van der Waals surface area contributed by atoms with Crippen molar-refractivity contribution < 1.29 is 18.7 Å². The fourth-order valence-electron chi connectivity index (χ4n) is 2.47.